The van der Waals surface area contributed by atoms with Gasteiger partial charge in [-0.3, -0.25) is 4.99 Å². The predicted octanol–water partition coefficient (Wildman–Crippen LogP) is -0.727. The van der Waals surface area contributed by atoms with E-state index in [9.17, 15) is 0 Å². The third kappa shape index (κ3) is 2.76. The maximum Gasteiger partial charge on any atom is 0.191 e. The summed E-state index contributed by atoms with van der Waals surface area (Å²) in [5, 5.41) is 6.27. The zero-order chi connectivity index (χ0) is 8.10. The number of rotatable bonds is 3. The molecule has 1 heterocycles. The molecule has 0 aromatic rings. The van der Waals surface area contributed by atoms with Crippen LogP contribution >= 0.6 is 0 Å². The van der Waals surface area contributed by atoms with Gasteiger partial charge in [0.25, 0.3) is 0 Å². The molecule has 4 heteroatoms. The van der Waals surface area contributed by atoms with Crippen molar-refractivity contribution in [1.82, 2.24) is 10.6 Å². The minimum absolute atomic E-state index is 0.236. The minimum atomic E-state index is 0.236. The van der Waals surface area contributed by atoms with Crippen molar-refractivity contribution in [3.63, 3.8) is 0 Å². The van der Waals surface area contributed by atoms with Gasteiger partial charge in [-0.1, -0.05) is 6.92 Å². The molecule has 0 fully saturated rings. The monoisotopic (exact) mass is 156 g/mol. The van der Waals surface area contributed by atoms with Gasteiger partial charge in [0, 0.05) is 19.1 Å². The first-order chi connectivity index (χ1) is 5.33. The van der Waals surface area contributed by atoms with Crippen molar-refractivity contribution in [2.45, 2.75) is 19.4 Å². The van der Waals surface area contributed by atoms with E-state index in [1.165, 1.54) is 0 Å². The Balaban J connectivity index is 2.11. The molecule has 1 aliphatic rings. The van der Waals surface area contributed by atoms with Gasteiger partial charge in [0.15, 0.2) is 5.96 Å². The topological polar surface area (TPSA) is 62.4 Å². The van der Waals surface area contributed by atoms with E-state index in [2.05, 4.69) is 22.5 Å². The highest BCUT2D eigenvalue weighted by molar-refractivity contribution is 5.81. The molecule has 1 atom stereocenters. The third-order valence-electron chi connectivity index (χ3n) is 1.73. The van der Waals surface area contributed by atoms with Crippen LogP contribution in [-0.2, 0) is 0 Å². The lowest BCUT2D eigenvalue weighted by molar-refractivity contribution is 0.624. The molecule has 64 valence electrons. The molecular formula is C7H16N4. The summed E-state index contributed by atoms with van der Waals surface area (Å²) in [6, 6.07) is 0.236. The Morgan fingerprint density at radius 3 is 3.18 bits per heavy atom. The fourth-order valence-electron chi connectivity index (χ4n) is 0.888. The van der Waals surface area contributed by atoms with E-state index in [0.717, 1.165) is 32.0 Å². The molecule has 1 aliphatic heterocycles. The van der Waals surface area contributed by atoms with E-state index in [-0.39, 0.29) is 6.04 Å². The van der Waals surface area contributed by atoms with E-state index < -0.39 is 0 Å². The minimum Gasteiger partial charge on any atom is -0.355 e. The van der Waals surface area contributed by atoms with Gasteiger partial charge in [0.2, 0.25) is 0 Å². The first-order valence-electron chi connectivity index (χ1n) is 4.10. The summed E-state index contributed by atoms with van der Waals surface area (Å²) >= 11 is 0. The number of nitrogens with one attached hydrogen (secondary N) is 2. The standard InChI is InChI=1S/C7H16N4/c1-2-6(8)5-11-7-9-3-4-10-7/h6H,2-5,8H2,1H3,(H2,9,10,11). The SMILES string of the molecule is CCC(N)CNC1=NCCN1. The van der Waals surface area contributed by atoms with Crippen LogP contribution in [0.4, 0.5) is 0 Å². The molecule has 4 N–H and O–H groups in total. The fourth-order valence-corrected chi connectivity index (χ4v) is 0.888. The summed E-state index contributed by atoms with van der Waals surface area (Å²) in [4.78, 5) is 4.18. The van der Waals surface area contributed by atoms with Gasteiger partial charge in [-0.05, 0) is 6.42 Å². The molecule has 0 amide bonds. The van der Waals surface area contributed by atoms with Crippen molar-refractivity contribution in [3.05, 3.63) is 0 Å². The fraction of sp³-hybridized carbons (Fsp3) is 0.857. The lowest BCUT2D eigenvalue weighted by Crippen LogP contribution is -2.41. The van der Waals surface area contributed by atoms with Gasteiger partial charge in [-0.25, -0.2) is 0 Å². The highest BCUT2D eigenvalue weighted by Crippen LogP contribution is 1.85. The molecule has 0 saturated heterocycles. The number of aliphatic imine (C=N–C) groups is 1. The smallest absolute Gasteiger partial charge is 0.191 e. The van der Waals surface area contributed by atoms with Gasteiger partial charge in [-0.2, -0.15) is 0 Å². The van der Waals surface area contributed by atoms with Crippen LogP contribution in [0, 0.1) is 0 Å². The van der Waals surface area contributed by atoms with E-state index >= 15 is 0 Å². The number of hydrogen-bond acceptors (Lipinski definition) is 4. The van der Waals surface area contributed by atoms with Crippen LogP contribution in [0.5, 0.6) is 0 Å². The van der Waals surface area contributed by atoms with E-state index in [0.29, 0.717) is 0 Å². The summed E-state index contributed by atoms with van der Waals surface area (Å²) in [5.74, 6) is 0.897. The number of nitrogens with two attached hydrogens (primary N) is 1. The van der Waals surface area contributed by atoms with Crippen LogP contribution in [0.15, 0.2) is 4.99 Å². The van der Waals surface area contributed by atoms with Crippen LogP contribution in [0.1, 0.15) is 13.3 Å². The Hall–Kier alpha value is -0.770. The van der Waals surface area contributed by atoms with Crippen LogP contribution < -0.4 is 16.4 Å². The van der Waals surface area contributed by atoms with E-state index in [1.807, 2.05) is 0 Å². The highest BCUT2D eigenvalue weighted by atomic mass is 15.2. The molecular weight excluding hydrogens is 140 g/mol. The molecule has 0 bridgehead atoms. The lowest BCUT2D eigenvalue weighted by Gasteiger charge is -2.10. The molecule has 11 heavy (non-hydrogen) atoms. The van der Waals surface area contributed by atoms with Crippen LogP contribution in [0.3, 0.4) is 0 Å². The van der Waals surface area contributed by atoms with Crippen molar-refractivity contribution in [3.8, 4) is 0 Å². The first kappa shape index (κ1) is 8.33. The third-order valence-corrected chi connectivity index (χ3v) is 1.73. The van der Waals surface area contributed by atoms with Crippen LogP contribution in [-0.4, -0.2) is 31.6 Å². The largest absolute Gasteiger partial charge is 0.355 e. The van der Waals surface area contributed by atoms with Crippen molar-refractivity contribution in [2.24, 2.45) is 10.7 Å². The van der Waals surface area contributed by atoms with Crippen LogP contribution in [0.2, 0.25) is 0 Å². The Morgan fingerprint density at radius 1 is 1.82 bits per heavy atom. The summed E-state index contributed by atoms with van der Waals surface area (Å²) in [6.07, 6.45) is 1.00. The molecule has 0 aromatic carbocycles. The van der Waals surface area contributed by atoms with Crippen molar-refractivity contribution < 1.29 is 0 Å². The quantitative estimate of drug-likeness (QED) is 0.505. The summed E-state index contributed by atoms with van der Waals surface area (Å²) < 4.78 is 0. The second kappa shape index (κ2) is 4.18. The van der Waals surface area contributed by atoms with Crippen molar-refractivity contribution in [1.29, 1.82) is 0 Å². The maximum absolute atomic E-state index is 5.71. The molecule has 0 saturated carbocycles. The Bertz CT molecular complexity index is 143. The predicted molar refractivity (Wildman–Crippen MR) is 46.6 cm³/mol. The second-order valence-corrected chi connectivity index (χ2v) is 2.71. The van der Waals surface area contributed by atoms with Gasteiger partial charge < -0.3 is 16.4 Å². The van der Waals surface area contributed by atoms with Gasteiger partial charge in [0.05, 0.1) is 6.54 Å². The number of nitrogens with zero attached hydrogens (tertiary/aromatic N) is 1. The molecule has 4 nitrogen and oxygen atoms in total. The average Bonchev–Trinajstić information content (AvgIpc) is 2.52. The molecule has 1 rings (SSSR count). The maximum atomic E-state index is 5.71. The zero-order valence-corrected chi connectivity index (χ0v) is 6.93. The highest BCUT2D eigenvalue weighted by Gasteiger charge is 2.04. The van der Waals surface area contributed by atoms with Gasteiger partial charge >= 0.3 is 0 Å². The normalized spacial score (nSPS) is 18.9. The zero-order valence-electron chi connectivity index (χ0n) is 6.93. The molecule has 0 spiro atoms. The Morgan fingerprint density at radius 2 is 2.64 bits per heavy atom. The second-order valence-electron chi connectivity index (χ2n) is 2.71. The Kier molecular flexibility index (Phi) is 3.16. The van der Waals surface area contributed by atoms with Crippen molar-refractivity contribution >= 4 is 5.96 Å². The van der Waals surface area contributed by atoms with Crippen molar-refractivity contribution in [2.75, 3.05) is 19.6 Å². The Labute approximate surface area is 67.3 Å². The molecule has 0 aromatic heterocycles. The van der Waals surface area contributed by atoms with Gasteiger partial charge in [0.1, 0.15) is 0 Å². The first-order valence-corrected chi connectivity index (χ1v) is 4.10. The molecule has 0 radical (unpaired) electrons. The van der Waals surface area contributed by atoms with E-state index in [4.69, 9.17) is 5.73 Å². The molecule has 1 unspecified atom stereocenters. The average molecular weight is 156 g/mol. The summed E-state index contributed by atoms with van der Waals surface area (Å²) in [6.45, 7) is 4.71. The van der Waals surface area contributed by atoms with E-state index in [1.54, 1.807) is 0 Å². The van der Waals surface area contributed by atoms with Gasteiger partial charge in [-0.15, -0.1) is 0 Å². The number of guanidine groups is 1. The number of hydrogen-bond donors (Lipinski definition) is 3. The summed E-state index contributed by atoms with van der Waals surface area (Å²) in [5.41, 5.74) is 5.71. The molecule has 0 aliphatic carbocycles. The van der Waals surface area contributed by atoms with Crippen LogP contribution in [0.25, 0.3) is 0 Å². The summed E-state index contributed by atoms with van der Waals surface area (Å²) in [7, 11) is 0. The lowest BCUT2D eigenvalue weighted by atomic mass is 10.2.